The summed E-state index contributed by atoms with van der Waals surface area (Å²) in [5.41, 5.74) is -3.20. The molecule has 1 aromatic carbocycles. The Bertz CT molecular complexity index is 494. The van der Waals surface area contributed by atoms with Crippen LogP contribution in [0.5, 0.6) is 0 Å². The van der Waals surface area contributed by atoms with Crippen molar-refractivity contribution in [2.75, 3.05) is 10.8 Å². The third-order valence-corrected chi connectivity index (χ3v) is 2.82. The number of carboxylic acid groups (broad SMARTS) is 1. The van der Waals surface area contributed by atoms with Gasteiger partial charge in [0.2, 0.25) is 0 Å². The van der Waals surface area contributed by atoms with Gasteiger partial charge in [-0.05, 0) is 17.1 Å². The molecule has 0 bridgehead atoms. The number of anilines is 1. The van der Waals surface area contributed by atoms with Crippen molar-refractivity contribution in [3.05, 3.63) is 50.6 Å². The number of benzene rings is 1. The lowest BCUT2D eigenvalue weighted by molar-refractivity contribution is -0.619. The fraction of sp³-hybridized carbons (Fsp3) is 0.222. The SMILES string of the molecule is O=C(O)[C@](CS)(N(c1ccccc1)[N+](=O)[O-])[N+](=O)[O-]. The van der Waals surface area contributed by atoms with Gasteiger partial charge < -0.3 is 5.11 Å². The predicted molar refractivity (Wildman–Crippen MR) is 67.1 cm³/mol. The molecule has 0 fully saturated rings. The summed E-state index contributed by atoms with van der Waals surface area (Å²) >= 11 is 3.60. The zero-order chi connectivity index (χ0) is 14.6. The number of thiol groups is 1. The molecule has 0 saturated carbocycles. The minimum absolute atomic E-state index is 0.0116. The number of carbonyl (C=O) groups is 1. The molecule has 0 saturated heterocycles. The zero-order valence-corrected chi connectivity index (χ0v) is 10.3. The second kappa shape index (κ2) is 5.52. The molecule has 0 aromatic heterocycles. The van der Waals surface area contributed by atoms with Gasteiger partial charge >= 0.3 is 11.6 Å². The first-order valence-electron chi connectivity index (χ1n) is 4.86. The summed E-state index contributed by atoms with van der Waals surface area (Å²) in [6.07, 6.45) is 0. The number of nitrogens with zero attached hydrogens (tertiary/aromatic N) is 3. The number of nitro groups is 2. The van der Waals surface area contributed by atoms with E-state index in [4.69, 9.17) is 5.11 Å². The van der Waals surface area contributed by atoms with E-state index in [1.165, 1.54) is 30.3 Å². The van der Waals surface area contributed by atoms with Crippen LogP contribution >= 0.6 is 12.6 Å². The Morgan fingerprint density at radius 3 is 2.16 bits per heavy atom. The van der Waals surface area contributed by atoms with E-state index in [-0.39, 0.29) is 10.7 Å². The molecule has 19 heavy (non-hydrogen) atoms. The average Bonchev–Trinajstić information content (AvgIpc) is 2.35. The quantitative estimate of drug-likeness (QED) is 0.340. The lowest BCUT2D eigenvalue weighted by Gasteiger charge is -2.24. The van der Waals surface area contributed by atoms with Crippen molar-refractivity contribution in [3.8, 4) is 0 Å². The van der Waals surface area contributed by atoms with Gasteiger partial charge in [0.1, 0.15) is 5.69 Å². The summed E-state index contributed by atoms with van der Waals surface area (Å²) in [4.78, 5) is 32.0. The number of para-hydroxylation sites is 1. The van der Waals surface area contributed by atoms with E-state index < -0.39 is 27.3 Å². The van der Waals surface area contributed by atoms with E-state index in [0.29, 0.717) is 0 Å². The molecule has 102 valence electrons. The smallest absolute Gasteiger partial charge is 0.452 e. The average molecular weight is 287 g/mol. The van der Waals surface area contributed by atoms with Crippen LogP contribution in [0.25, 0.3) is 0 Å². The fourth-order valence-corrected chi connectivity index (χ4v) is 1.84. The Kier molecular flexibility index (Phi) is 4.27. The standard InChI is InChI=1S/C9H9N3O6S/c13-8(14)9(6-19,11(15)16)10(12(17)18)7-4-2-1-3-5-7/h1-5,19H,6H2,(H,13,14)/t9-/m1/s1. The Morgan fingerprint density at radius 2 is 1.84 bits per heavy atom. The van der Waals surface area contributed by atoms with E-state index in [0.717, 1.165) is 0 Å². The van der Waals surface area contributed by atoms with Crippen molar-refractivity contribution in [2.24, 2.45) is 0 Å². The maximum atomic E-state index is 11.2. The normalized spacial score (nSPS) is 13.3. The molecule has 1 aromatic rings. The van der Waals surface area contributed by atoms with Gasteiger partial charge in [-0.25, -0.2) is 14.9 Å². The van der Waals surface area contributed by atoms with E-state index >= 15 is 0 Å². The maximum Gasteiger partial charge on any atom is 0.452 e. The molecule has 10 heteroatoms. The van der Waals surface area contributed by atoms with E-state index in [1.54, 1.807) is 0 Å². The van der Waals surface area contributed by atoms with Gasteiger partial charge in [0.15, 0.2) is 5.03 Å². The molecule has 0 amide bonds. The molecule has 1 rings (SSSR count). The largest absolute Gasteiger partial charge is 0.474 e. The van der Waals surface area contributed by atoms with Gasteiger partial charge in [0.05, 0.1) is 10.7 Å². The number of rotatable bonds is 6. The molecule has 0 heterocycles. The molecular formula is C9H9N3O6S. The van der Waals surface area contributed by atoms with Crippen LogP contribution in [0.3, 0.4) is 0 Å². The summed E-state index contributed by atoms with van der Waals surface area (Å²) in [6.45, 7) is 0. The van der Waals surface area contributed by atoms with Gasteiger partial charge in [0, 0.05) is 0 Å². The van der Waals surface area contributed by atoms with E-state index in [9.17, 15) is 25.0 Å². The summed E-state index contributed by atoms with van der Waals surface area (Å²) in [5, 5.41) is 30.0. The second-order valence-corrected chi connectivity index (χ2v) is 3.74. The van der Waals surface area contributed by atoms with Gasteiger partial charge in [-0.1, -0.05) is 18.2 Å². The minimum Gasteiger partial charge on any atom is -0.474 e. The van der Waals surface area contributed by atoms with Crippen LogP contribution in [0.1, 0.15) is 0 Å². The van der Waals surface area contributed by atoms with E-state index in [1.807, 2.05) is 0 Å². The Morgan fingerprint density at radius 1 is 1.32 bits per heavy atom. The molecule has 0 radical (unpaired) electrons. The number of hydrogen-bond acceptors (Lipinski definition) is 6. The third kappa shape index (κ3) is 2.42. The Hall–Kier alpha value is -2.36. The van der Waals surface area contributed by atoms with Crippen LogP contribution in [-0.2, 0) is 4.79 Å². The number of hydrogen-bond donors (Lipinski definition) is 2. The number of carboxylic acids is 1. The monoisotopic (exact) mass is 287 g/mol. The van der Waals surface area contributed by atoms with Crippen molar-refractivity contribution in [2.45, 2.75) is 5.66 Å². The number of hydrazine groups is 1. The first-order chi connectivity index (χ1) is 8.87. The van der Waals surface area contributed by atoms with Crippen LogP contribution in [-0.4, -0.2) is 32.4 Å². The minimum atomic E-state index is -2.98. The topological polar surface area (TPSA) is 127 Å². The molecule has 0 aliphatic rings. The van der Waals surface area contributed by atoms with Crippen molar-refractivity contribution >= 4 is 24.3 Å². The molecule has 0 spiro atoms. The van der Waals surface area contributed by atoms with Gasteiger partial charge in [-0.2, -0.15) is 12.6 Å². The van der Waals surface area contributed by atoms with Crippen molar-refractivity contribution in [1.29, 1.82) is 0 Å². The second-order valence-electron chi connectivity index (χ2n) is 3.42. The molecule has 0 aliphatic heterocycles. The predicted octanol–water partition coefficient (Wildman–Crippen LogP) is 0.672. The summed E-state index contributed by atoms with van der Waals surface area (Å²) in [5.74, 6) is -2.83. The first-order valence-corrected chi connectivity index (χ1v) is 5.49. The summed E-state index contributed by atoms with van der Waals surface area (Å²) < 4.78 is 0. The van der Waals surface area contributed by atoms with Gasteiger partial charge in [-0.15, -0.1) is 0 Å². The molecule has 1 N–H and O–H groups in total. The van der Waals surface area contributed by atoms with Crippen molar-refractivity contribution in [1.82, 2.24) is 0 Å². The molecule has 9 nitrogen and oxygen atoms in total. The van der Waals surface area contributed by atoms with E-state index in [2.05, 4.69) is 12.6 Å². The summed E-state index contributed by atoms with van der Waals surface area (Å²) in [7, 11) is 0. The molecule has 0 unspecified atom stereocenters. The lowest BCUT2D eigenvalue weighted by atomic mass is 10.1. The van der Waals surface area contributed by atoms with Crippen molar-refractivity contribution < 1.29 is 19.9 Å². The molecule has 0 aliphatic carbocycles. The van der Waals surface area contributed by atoms with Crippen LogP contribution in [0.4, 0.5) is 5.69 Å². The highest BCUT2D eigenvalue weighted by Gasteiger charge is 2.63. The molecule has 1 atom stereocenters. The van der Waals surface area contributed by atoms with Gasteiger partial charge in [-0.3, -0.25) is 10.1 Å². The van der Waals surface area contributed by atoms with Crippen LogP contribution in [0.15, 0.2) is 30.3 Å². The summed E-state index contributed by atoms with van der Waals surface area (Å²) in [6, 6.07) is 6.74. The van der Waals surface area contributed by atoms with Crippen LogP contribution in [0.2, 0.25) is 0 Å². The highest BCUT2D eigenvalue weighted by Crippen LogP contribution is 2.26. The maximum absolute atomic E-state index is 11.2. The van der Waals surface area contributed by atoms with Crippen LogP contribution in [0, 0.1) is 20.2 Å². The molecular weight excluding hydrogens is 278 g/mol. The van der Waals surface area contributed by atoms with Crippen LogP contribution < -0.4 is 5.01 Å². The highest BCUT2D eigenvalue weighted by molar-refractivity contribution is 7.80. The van der Waals surface area contributed by atoms with Gasteiger partial charge in [0.25, 0.3) is 0 Å². The first kappa shape index (κ1) is 14.7. The number of aliphatic carboxylic acids is 1. The Balaban J connectivity index is 3.50. The lowest BCUT2D eigenvalue weighted by Crippen LogP contribution is -2.64. The zero-order valence-electron chi connectivity index (χ0n) is 9.37. The third-order valence-electron chi connectivity index (χ3n) is 2.38. The fourth-order valence-electron chi connectivity index (χ4n) is 1.45. The van der Waals surface area contributed by atoms with Crippen molar-refractivity contribution in [3.63, 3.8) is 0 Å². The Labute approximate surface area is 112 Å². The highest BCUT2D eigenvalue weighted by atomic mass is 32.1.